The summed E-state index contributed by atoms with van der Waals surface area (Å²) in [5, 5.41) is 2.67. The molecule has 2 amide bonds. The summed E-state index contributed by atoms with van der Waals surface area (Å²) in [4.78, 5) is 28.4. The molecule has 1 N–H and O–H groups in total. The molecule has 2 saturated heterocycles. The molecule has 4 rings (SSSR count). The molecule has 0 radical (unpaired) electrons. The largest absolute Gasteiger partial charge is 0.378 e. The van der Waals surface area contributed by atoms with Gasteiger partial charge in [-0.15, -0.1) is 0 Å². The Morgan fingerprint density at radius 1 is 1.07 bits per heavy atom. The predicted molar refractivity (Wildman–Crippen MR) is 120 cm³/mol. The first kappa shape index (κ1) is 20.3. The molecule has 156 valence electrons. The molecule has 2 aliphatic heterocycles. The smallest absolute Gasteiger partial charge is 0.265 e. The third kappa shape index (κ3) is 3.64. The van der Waals surface area contributed by atoms with E-state index in [0.29, 0.717) is 0 Å². The first-order chi connectivity index (χ1) is 14.4. The Kier molecular flexibility index (Phi) is 5.44. The van der Waals surface area contributed by atoms with Crippen LogP contribution in [-0.4, -0.2) is 59.7 Å². The highest BCUT2D eigenvalue weighted by Crippen LogP contribution is 2.26. The third-order valence-electron chi connectivity index (χ3n) is 5.56. The van der Waals surface area contributed by atoms with Gasteiger partial charge < -0.3 is 14.2 Å². The van der Waals surface area contributed by atoms with E-state index in [1.54, 1.807) is 13.1 Å². The van der Waals surface area contributed by atoms with Gasteiger partial charge in [0, 0.05) is 42.9 Å². The molecule has 1 aromatic carbocycles. The van der Waals surface area contributed by atoms with Gasteiger partial charge in [0.05, 0.1) is 13.2 Å². The highest BCUT2D eigenvalue weighted by molar-refractivity contribution is 7.80. The molecule has 2 aromatic rings. The van der Waals surface area contributed by atoms with Gasteiger partial charge in [-0.25, -0.2) is 0 Å². The molecule has 2 aliphatic rings. The second kappa shape index (κ2) is 8.04. The zero-order valence-electron chi connectivity index (χ0n) is 17.3. The number of hydrogen-bond donors (Lipinski definition) is 1. The zero-order chi connectivity index (χ0) is 21.4. The molecule has 0 aliphatic carbocycles. The van der Waals surface area contributed by atoms with Crippen LogP contribution in [0.3, 0.4) is 0 Å². The van der Waals surface area contributed by atoms with Crippen molar-refractivity contribution in [2.24, 2.45) is 0 Å². The van der Waals surface area contributed by atoms with Crippen LogP contribution in [0.4, 0.5) is 5.69 Å². The van der Waals surface area contributed by atoms with Crippen LogP contribution >= 0.6 is 12.2 Å². The van der Waals surface area contributed by atoms with E-state index in [9.17, 15) is 9.59 Å². The van der Waals surface area contributed by atoms with Crippen LogP contribution in [0, 0.1) is 13.8 Å². The number of hydrogen-bond acceptors (Lipinski definition) is 5. The van der Waals surface area contributed by atoms with Gasteiger partial charge >= 0.3 is 0 Å². The van der Waals surface area contributed by atoms with Crippen LogP contribution < -0.4 is 10.2 Å². The monoisotopic (exact) mass is 424 g/mol. The van der Waals surface area contributed by atoms with E-state index in [1.165, 1.54) is 10.6 Å². The fourth-order valence-electron chi connectivity index (χ4n) is 3.87. The number of ether oxygens (including phenoxy) is 1. The lowest BCUT2D eigenvalue weighted by Crippen LogP contribution is -2.52. The average Bonchev–Trinajstić information content (AvgIpc) is 3.03. The number of nitrogens with one attached hydrogen (secondary N) is 1. The lowest BCUT2D eigenvalue weighted by molar-refractivity contribution is -0.128. The third-order valence-corrected chi connectivity index (χ3v) is 5.93. The molecular formula is C22H24N4O3S. The molecule has 3 heterocycles. The molecule has 0 atom stereocenters. The fourth-order valence-corrected chi connectivity index (χ4v) is 4.04. The maximum Gasteiger partial charge on any atom is 0.265 e. The highest BCUT2D eigenvalue weighted by atomic mass is 32.1. The Labute approximate surface area is 180 Å². The molecule has 0 bridgehead atoms. The zero-order valence-corrected chi connectivity index (χ0v) is 18.1. The topological polar surface area (TPSA) is 66.8 Å². The molecule has 0 spiro atoms. The summed E-state index contributed by atoms with van der Waals surface area (Å²) < 4.78 is 7.54. The fraction of sp³-hybridized carbons (Fsp3) is 0.318. The van der Waals surface area contributed by atoms with Gasteiger partial charge in [0.2, 0.25) is 0 Å². The van der Waals surface area contributed by atoms with Crippen LogP contribution in [0.25, 0.3) is 11.8 Å². The second-order valence-corrected chi connectivity index (χ2v) is 7.85. The van der Waals surface area contributed by atoms with E-state index in [4.69, 9.17) is 17.0 Å². The minimum atomic E-state index is -0.470. The predicted octanol–water partition coefficient (Wildman–Crippen LogP) is 2.19. The molecular weight excluding hydrogens is 400 g/mol. The van der Waals surface area contributed by atoms with Gasteiger partial charge in [-0.05, 0) is 68.0 Å². The summed E-state index contributed by atoms with van der Waals surface area (Å²) in [7, 11) is 1.55. The number of carbonyl (C=O) groups is 2. The number of carbonyl (C=O) groups excluding carboxylic acids is 2. The molecule has 8 heteroatoms. The molecule has 0 unspecified atom stereocenters. The van der Waals surface area contributed by atoms with Crippen LogP contribution in [0.2, 0.25) is 0 Å². The first-order valence-corrected chi connectivity index (χ1v) is 10.2. The number of rotatable bonds is 3. The van der Waals surface area contributed by atoms with Crippen molar-refractivity contribution in [3.8, 4) is 5.69 Å². The van der Waals surface area contributed by atoms with Gasteiger partial charge in [0.1, 0.15) is 5.57 Å². The second-order valence-electron chi connectivity index (χ2n) is 7.46. The van der Waals surface area contributed by atoms with Crippen molar-refractivity contribution < 1.29 is 14.3 Å². The SMILES string of the molecule is Cc1cc(/C=C2/C(=O)NC(=S)N(C)C2=O)c(C)n1-c1ccc(N2CCOCC2)cc1. The van der Waals surface area contributed by atoms with E-state index < -0.39 is 11.8 Å². The summed E-state index contributed by atoms with van der Waals surface area (Å²) in [5.74, 6) is -0.869. The number of morpholine rings is 1. The first-order valence-electron chi connectivity index (χ1n) is 9.84. The van der Waals surface area contributed by atoms with Gasteiger partial charge in [-0.2, -0.15) is 0 Å². The lowest BCUT2D eigenvalue weighted by Gasteiger charge is -2.29. The highest BCUT2D eigenvalue weighted by Gasteiger charge is 2.31. The standard InChI is InChI=1S/C22H24N4O3S/c1-14-12-16(13-19-20(27)23-22(30)24(3)21(19)28)15(2)26(14)18-6-4-17(5-7-18)25-8-10-29-11-9-25/h4-7,12-13H,8-11H2,1-3H3,(H,23,27,30)/b19-13-. The molecule has 0 saturated carbocycles. The minimum Gasteiger partial charge on any atom is -0.378 e. The normalized spacial score (nSPS) is 18.9. The van der Waals surface area contributed by atoms with Crippen molar-refractivity contribution in [3.05, 3.63) is 52.9 Å². The average molecular weight is 425 g/mol. The van der Waals surface area contributed by atoms with Crippen molar-refractivity contribution in [3.63, 3.8) is 0 Å². The van der Waals surface area contributed by atoms with Gasteiger partial charge in [-0.1, -0.05) is 0 Å². The van der Waals surface area contributed by atoms with Gasteiger partial charge in [0.15, 0.2) is 5.11 Å². The Morgan fingerprint density at radius 2 is 1.70 bits per heavy atom. The van der Waals surface area contributed by atoms with Crippen molar-refractivity contribution in [2.45, 2.75) is 13.8 Å². The summed E-state index contributed by atoms with van der Waals surface area (Å²) in [5.41, 5.74) is 5.08. The van der Waals surface area contributed by atoms with Crippen LogP contribution in [-0.2, 0) is 14.3 Å². The van der Waals surface area contributed by atoms with E-state index in [1.807, 2.05) is 19.9 Å². The number of amides is 2. The number of benzene rings is 1. The minimum absolute atomic E-state index is 0.0778. The number of nitrogens with zero attached hydrogens (tertiary/aromatic N) is 3. The van der Waals surface area contributed by atoms with Crippen molar-refractivity contribution in [1.29, 1.82) is 0 Å². The maximum absolute atomic E-state index is 12.5. The quantitative estimate of drug-likeness (QED) is 0.465. The Balaban J connectivity index is 1.65. The molecule has 30 heavy (non-hydrogen) atoms. The van der Waals surface area contributed by atoms with Crippen LogP contribution in [0.1, 0.15) is 17.0 Å². The van der Waals surface area contributed by atoms with E-state index in [2.05, 4.69) is 39.0 Å². The number of thiocarbonyl (C=S) groups is 1. The van der Waals surface area contributed by atoms with Crippen molar-refractivity contribution in [2.75, 3.05) is 38.3 Å². The van der Waals surface area contributed by atoms with E-state index >= 15 is 0 Å². The summed E-state index contributed by atoms with van der Waals surface area (Å²) in [6, 6.07) is 10.4. The Hall–Kier alpha value is -2.97. The van der Waals surface area contributed by atoms with Gasteiger partial charge in [-0.3, -0.25) is 19.8 Å². The van der Waals surface area contributed by atoms with Crippen LogP contribution in [0.5, 0.6) is 0 Å². The van der Waals surface area contributed by atoms with Crippen molar-refractivity contribution >= 4 is 40.9 Å². The van der Waals surface area contributed by atoms with E-state index in [-0.39, 0.29) is 10.7 Å². The molecule has 2 fully saturated rings. The van der Waals surface area contributed by atoms with Crippen molar-refractivity contribution in [1.82, 2.24) is 14.8 Å². The summed E-state index contributed by atoms with van der Waals surface area (Å²) >= 11 is 5.00. The number of aryl methyl sites for hydroxylation is 1. The van der Waals surface area contributed by atoms with E-state index in [0.717, 1.165) is 48.9 Å². The Bertz CT molecular complexity index is 1050. The molecule has 1 aromatic heterocycles. The summed E-state index contributed by atoms with van der Waals surface area (Å²) in [6.45, 7) is 7.28. The maximum atomic E-state index is 12.5. The molecule has 7 nitrogen and oxygen atoms in total. The number of aromatic nitrogens is 1. The number of anilines is 1. The van der Waals surface area contributed by atoms with Crippen LogP contribution in [0.15, 0.2) is 35.9 Å². The summed E-state index contributed by atoms with van der Waals surface area (Å²) in [6.07, 6.45) is 1.64. The lowest BCUT2D eigenvalue weighted by atomic mass is 10.1. The van der Waals surface area contributed by atoms with Gasteiger partial charge in [0.25, 0.3) is 11.8 Å². The number of likely N-dealkylation sites (N-methyl/N-ethyl adjacent to an activating group) is 1. The Morgan fingerprint density at radius 3 is 2.37 bits per heavy atom.